The number of rotatable bonds is 2. The van der Waals surface area contributed by atoms with Gasteiger partial charge in [0.25, 0.3) is 0 Å². The van der Waals surface area contributed by atoms with Crippen LogP contribution in [0.1, 0.15) is 40.7 Å². The van der Waals surface area contributed by atoms with Gasteiger partial charge in [-0.25, -0.2) is 0 Å². The summed E-state index contributed by atoms with van der Waals surface area (Å²) in [6, 6.07) is 33.2. The molecular weight excluding hydrogens is 422 g/mol. The van der Waals surface area contributed by atoms with Gasteiger partial charge in [0.15, 0.2) is 0 Å². The minimum absolute atomic E-state index is 0. The standard InChI is InChI=1S/C31H27N.ClH/c1-4-13-28-23(8-1)11-7-12-27(28)22-32-20-18-26(19-21-32)31-29-14-5-2-9-24(29)16-17-25-10-3-6-15-30(25)31;/h1-17H,18-22H2;1H. The van der Waals surface area contributed by atoms with Gasteiger partial charge in [0.2, 0.25) is 0 Å². The van der Waals surface area contributed by atoms with Gasteiger partial charge in [-0.05, 0) is 57.0 Å². The second kappa shape index (κ2) is 9.39. The molecule has 0 N–H and O–H groups in total. The molecule has 1 fully saturated rings. The molecule has 1 heterocycles. The predicted molar refractivity (Wildman–Crippen MR) is 144 cm³/mol. The van der Waals surface area contributed by atoms with E-state index < -0.39 is 0 Å². The highest BCUT2D eigenvalue weighted by molar-refractivity contribution is 5.95. The highest BCUT2D eigenvalue weighted by Crippen LogP contribution is 2.38. The van der Waals surface area contributed by atoms with Gasteiger partial charge in [0, 0.05) is 19.6 Å². The molecule has 0 saturated carbocycles. The molecule has 0 radical (unpaired) electrons. The molecule has 0 unspecified atom stereocenters. The van der Waals surface area contributed by atoms with Gasteiger partial charge in [-0.2, -0.15) is 0 Å². The van der Waals surface area contributed by atoms with Crippen molar-refractivity contribution in [1.82, 2.24) is 4.90 Å². The van der Waals surface area contributed by atoms with Crippen molar-refractivity contribution in [2.75, 3.05) is 13.1 Å². The average Bonchev–Trinajstić information content (AvgIpc) is 3.02. The zero-order chi connectivity index (χ0) is 21.3. The van der Waals surface area contributed by atoms with Crippen molar-refractivity contribution in [3.8, 4) is 0 Å². The first kappa shape index (κ1) is 21.7. The summed E-state index contributed by atoms with van der Waals surface area (Å²) in [7, 11) is 0. The lowest BCUT2D eigenvalue weighted by Gasteiger charge is -2.31. The summed E-state index contributed by atoms with van der Waals surface area (Å²) in [6.07, 6.45) is 6.81. The molecule has 0 aromatic heterocycles. The Balaban J connectivity index is 0.00000228. The maximum atomic E-state index is 2.62. The SMILES string of the molecule is C1=Cc2ccccc2C(=C2CCN(Cc3cccc4ccccc34)CC2)c2ccccc21.Cl. The first-order valence-corrected chi connectivity index (χ1v) is 11.6. The molecule has 0 atom stereocenters. The largest absolute Gasteiger partial charge is 0.298 e. The number of hydrogen-bond donors (Lipinski definition) is 0. The lowest BCUT2D eigenvalue weighted by atomic mass is 9.86. The fraction of sp³-hybridized carbons (Fsp3) is 0.161. The van der Waals surface area contributed by atoms with Crippen molar-refractivity contribution in [3.05, 3.63) is 124 Å². The molecule has 0 bridgehead atoms. The number of halogens is 1. The van der Waals surface area contributed by atoms with E-state index in [0.717, 1.165) is 32.5 Å². The number of nitrogens with zero attached hydrogens (tertiary/aromatic N) is 1. The Bertz CT molecular complexity index is 1300. The van der Waals surface area contributed by atoms with E-state index in [9.17, 15) is 0 Å². The Morgan fingerprint density at radius 1 is 0.606 bits per heavy atom. The van der Waals surface area contributed by atoms with Crippen LogP contribution >= 0.6 is 12.4 Å². The Kier molecular flexibility index (Phi) is 6.17. The van der Waals surface area contributed by atoms with E-state index in [1.807, 2.05) is 0 Å². The molecule has 1 saturated heterocycles. The minimum Gasteiger partial charge on any atom is -0.298 e. The summed E-state index contributed by atoms with van der Waals surface area (Å²) in [4.78, 5) is 2.62. The molecule has 4 aromatic rings. The third-order valence-electron chi connectivity index (χ3n) is 6.99. The van der Waals surface area contributed by atoms with Gasteiger partial charge >= 0.3 is 0 Å². The summed E-state index contributed by atoms with van der Waals surface area (Å²) in [6.45, 7) is 3.25. The molecule has 1 aliphatic carbocycles. The highest BCUT2D eigenvalue weighted by atomic mass is 35.5. The summed E-state index contributed by atoms with van der Waals surface area (Å²) in [5.74, 6) is 0. The van der Waals surface area contributed by atoms with Crippen molar-refractivity contribution in [2.45, 2.75) is 19.4 Å². The Morgan fingerprint density at radius 2 is 1.18 bits per heavy atom. The molecule has 164 valence electrons. The van der Waals surface area contributed by atoms with E-state index in [1.54, 1.807) is 5.57 Å². The fourth-order valence-electron chi connectivity index (χ4n) is 5.35. The predicted octanol–water partition coefficient (Wildman–Crippen LogP) is 7.84. The molecule has 2 heteroatoms. The van der Waals surface area contributed by atoms with Crippen LogP contribution in [0.25, 0.3) is 28.5 Å². The molecule has 2 aliphatic rings. The van der Waals surface area contributed by atoms with Gasteiger partial charge in [-0.15, -0.1) is 12.4 Å². The zero-order valence-corrected chi connectivity index (χ0v) is 19.5. The van der Waals surface area contributed by atoms with Crippen LogP contribution in [0.15, 0.2) is 96.6 Å². The lowest BCUT2D eigenvalue weighted by Crippen LogP contribution is -2.30. The molecular formula is C31H28ClN. The second-order valence-electron chi connectivity index (χ2n) is 8.90. The van der Waals surface area contributed by atoms with Crippen molar-refractivity contribution in [2.24, 2.45) is 0 Å². The first-order chi connectivity index (χ1) is 15.9. The molecule has 0 spiro atoms. The molecule has 4 aromatic carbocycles. The Morgan fingerprint density at radius 3 is 1.88 bits per heavy atom. The second-order valence-corrected chi connectivity index (χ2v) is 8.90. The van der Waals surface area contributed by atoms with Crippen LogP contribution in [0.4, 0.5) is 0 Å². The smallest absolute Gasteiger partial charge is 0.0240 e. The van der Waals surface area contributed by atoms with Gasteiger partial charge < -0.3 is 0 Å². The maximum absolute atomic E-state index is 2.62. The Labute approximate surface area is 202 Å². The van der Waals surface area contributed by atoms with Crippen LogP contribution in [0.2, 0.25) is 0 Å². The van der Waals surface area contributed by atoms with Gasteiger partial charge in [-0.1, -0.05) is 109 Å². The van der Waals surface area contributed by atoms with Crippen LogP contribution in [-0.4, -0.2) is 18.0 Å². The van der Waals surface area contributed by atoms with Crippen LogP contribution in [0.5, 0.6) is 0 Å². The van der Waals surface area contributed by atoms with Crippen LogP contribution in [-0.2, 0) is 6.54 Å². The van der Waals surface area contributed by atoms with Crippen LogP contribution < -0.4 is 0 Å². The number of hydrogen-bond acceptors (Lipinski definition) is 1. The van der Waals surface area contributed by atoms with Gasteiger partial charge in [0.1, 0.15) is 0 Å². The van der Waals surface area contributed by atoms with E-state index in [-0.39, 0.29) is 12.4 Å². The third-order valence-corrected chi connectivity index (χ3v) is 6.99. The third kappa shape index (κ3) is 4.15. The fourth-order valence-corrected chi connectivity index (χ4v) is 5.35. The van der Waals surface area contributed by atoms with Gasteiger partial charge in [-0.3, -0.25) is 4.90 Å². The lowest BCUT2D eigenvalue weighted by molar-refractivity contribution is 0.249. The van der Waals surface area contributed by atoms with Crippen molar-refractivity contribution < 1.29 is 0 Å². The van der Waals surface area contributed by atoms with Gasteiger partial charge in [0.05, 0.1) is 0 Å². The number of likely N-dealkylation sites (tertiary alicyclic amines) is 1. The molecule has 6 rings (SSSR count). The van der Waals surface area contributed by atoms with Crippen molar-refractivity contribution in [3.63, 3.8) is 0 Å². The van der Waals surface area contributed by atoms with Crippen molar-refractivity contribution >= 4 is 40.9 Å². The molecule has 1 nitrogen and oxygen atoms in total. The van der Waals surface area contributed by atoms with Crippen molar-refractivity contribution in [1.29, 1.82) is 0 Å². The first-order valence-electron chi connectivity index (χ1n) is 11.6. The number of piperidine rings is 1. The summed E-state index contributed by atoms with van der Waals surface area (Å²) >= 11 is 0. The summed E-state index contributed by atoms with van der Waals surface area (Å²) < 4.78 is 0. The number of fused-ring (bicyclic) bond motifs is 3. The Hall–Kier alpha value is -3.13. The topological polar surface area (TPSA) is 3.24 Å². The average molecular weight is 450 g/mol. The minimum atomic E-state index is 0. The van der Waals surface area contributed by atoms with E-state index in [4.69, 9.17) is 0 Å². The quantitative estimate of drug-likeness (QED) is 0.265. The monoisotopic (exact) mass is 449 g/mol. The van der Waals surface area contributed by atoms with Crippen LogP contribution in [0, 0.1) is 0 Å². The van der Waals surface area contributed by atoms with Crippen LogP contribution in [0.3, 0.4) is 0 Å². The molecule has 33 heavy (non-hydrogen) atoms. The highest BCUT2D eigenvalue weighted by Gasteiger charge is 2.22. The molecule has 0 amide bonds. The molecule has 1 aliphatic heterocycles. The summed E-state index contributed by atoms with van der Waals surface area (Å²) in [5, 5.41) is 2.72. The zero-order valence-electron chi connectivity index (χ0n) is 18.7. The number of benzene rings is 4. The van der Waals surface area contributed by atoms with E-state index in [1.165, 1.54) is 44.2 Å². The maximum Gasteiger partial charge on any atom is 0.0240 e. The van der Waals surface area contributed by atoms with E-state index >= 15 is 0 Å². The summed E-state index contributed by atoms with van der Waals surface area (Å²) in [5.41, 5.74) is 9.91. The normalized spacial score (nSPS) is 15.5. The van der Waals surface area contributed by atoms with E-state index in [0.29, 0.717) is 0 Å². The van der Waals surface area contributed by atoms with E-state index in [2.05, 4.69) is 108 Å².